The summed E-state index contributed by atoms with van der Waals surface area (Å²) in [7, 11) is 0. The number of carbonyl (C=O) groups excluding carboxylic acids is 1. The van der Waals surface area contributed by atoms with Gasteiger partial charge in [-0.25, -0.2) is 4.98 Å². The molecule has 0 aliphatic carbocycles. The van der Waals surface area contributed by atoms with E-state index in [0.29, 0.717) is 18.1 Å². The number of hydrogen-bond acceptors (Lipinski definition) is 6. The van der Waals surface area contributed by atoms with Crippen LogP contribution in [-0.2, 0) is 0 Å². The molecule has 1 aliphatic rings. The van der Waals surface area contributed by atoms with Crippen molar-refractivity contribution >= 4 is 56.5 Å². The molecule has 1 aliphatic heterocycles. The second kappa shape index (κ2) is 8.30. The lowest BCUT2D eigenvalue weighted by atomic mass is 9.97. The van der Waals surface area contributed by atoms with Crippen molar-refractivity contribution in [1.29, 1.82) is 0 Å². The van der Waals surface area contributed by atoms with E-state index in [1.807, 2.05) is 24.5 Å². The number of piperidine rings is 1. The number of likely N-dealkylation sites (tertiary alicyclic amines) is 1. The van der Waals surface area contributed by atoms with Crippen LogP contribution >= 0.6 is 34.7 Å². The first-order chi connectivity index (χ1) is 14.0. The fourth-order valence-corrected chi connectivity index (χ4v) is 5.29. The Hall–Kier alpha value is -2.16. The summed E-state index contributed by atoms with van der Waals surface area (Å²) in [5.74, 6) is 0.00451. The van der Waals surface area contributed by atoms with Crippen LogP contribution in [0.15, 0.2) is 41.3 Å². The standard InChI is InChI=1S/C20H18ClN3O3S2/c1-28-14-3-4-17(24(26)27)15(11-14)20(25)23-8-6-12(7-9-23)19-22-16-10-13(21)2-5-18(16)29-19/h2-5,10-12H,6-9H2,1H3. The molecule has 0 unspecified atom stereocenters. The molecule has 0 spiro atoms. The van der Waals surface area contributed by atoms with Crippen LogP contribution in [0.1, 0.15) is 34.1 Å². The Morgan fingerprint density at radius 2 is 2.03 bits per heavy atom. The number of benzene rings is 2. The Bertz CT molecular complexity index is 1090. The van der Waals surface area contributed by atoms with Crippen molar-refractivity contribution in [3.63, 3.8) is 0 Å². The van der Waals surface area contributed by atoms with Crippen molar-refractivity contribution in [2.75, 3.05) is 19.3 Å². The summed E-state index contributed by atoms with van der Waals surface area (Å²) in [4.78, 5) is 31.2. The Morgan fingerprint density at radius 3 is 2.72 bits per heavy atom. The van der Waals surface area contributed by atoms with Crippen LogP contribution in [0.3, 0.4) is 0 Å². The number of rotatable bonds is 4. The fourth-order valence-electron chi connectivity index (χ4n) is 3.57. The van der Waals surface area contributed by atoms with Crippen molar-refractivity contribution in [3.05, 3.63) is 62.1 Å². The number of aromatic nitrogens is 1. The van der Waals surface area contributed by atoms with Crippen LogP contribution in [0.5, 0.6) is 0 Å². The van der Waals surface area contributed by atoms with Crippen molar-refractivity contribution in [3.8, 4) is 0 Å². The van der Waals surface area contributed by atoms with E-state index >= 15 is 0 Å². The third-order valence-electron chi connectivity index (χ3n) is 5.13. The molecule has 1 aromatic heterocycles. The minimum atomic E-state index is -0.490. The predicted octanol–water partition coefficient (Wildman–Crippen LogP) is 5.60. The SMILES string of the molecule is CSc1ccc([N+](=O)[O-])c(C(=O)N2CCC(c3nc4cc(Cl)ccc4s3)CC2)c1. The molecule has 1 fully saturated rings. The molecule has 150 valence electrons. The van der Waals surface area contributed by atoms with Gasteiger partial charge >= 0.3 is 0 Å². The van der Waals surface area contributed by atoms with Gasteiger partial charge in [0, 0.05) is 35.0 Å². The van der Waals surface area contributed by atoms with Crippen LogP contribution in [0.2, 0.25) is 5.02 Å². The molecule has 1 saturated heterocycles. The molecular weight excluding hydrogens is 430 g/mol. The van der Waals surface area contributed by atoms with Gasteiger partial charge in [0.05, 0.1) is 20.1 Å². The molecule has 29 heavy (non-hydrogen) atoms. The zero-order valence-electron chi connectivity index (χ0n) is 15.6. The van der Waals surface area contributed by atoms with E-state index < -0.39 is 4.92 Å². The summed E-state index contributed by atoms with van der Waals surface area (Å²) in [6, 6.07) is 10.4. The molecule has 4 rings (SSSR count). The number of amides is 1. The van der Waals surface area contributed by atoms with E-state index in [0.717, 1.165) is 33.0 Å². The van der Waals surface area contributed by atoms with E-state index in [2.05, 4.69) is 0 Å². The Kier molecular flexibility index (Phi) is 5.76. The summed E-state index contributed by atoms with van der Waals surface area (Å²) in [6.45, 7) is 1.11. The molecule has 0 radical (unpaired) electrons. The number of nitro groups is 1. The van der Waals surface area contributed by atoms with Gasteiger partial charge in [0.15, 0.2) is 0 Å². The lowest BCUT2D eigenvalue weighted by Gasteiger charge is -2.31. The van der Waals surface area contributed by atoms with E-state index in [-0.39, 0.29) is 23.1 Å². The fraction of sp³-hybridized carbons (Fsp3) is 0.300. The molecule has 3 aromatic rings. The Labute approximate surface area is 181 Å². The molecular formula is C20H18ClN3O3S2. The number of carbonyl (C=O) groups is 1. The van der Waals surface area contributed by atoms with Crippen LogP contribution in [0.4, 0.5) is 5.69 Å². The molecule has 0 N–H and O–H groups in total. The minimum Gasteiger partial charge on any atom is -0.338 e. The van der Waals surface area contributed by atoms with Gasteiger partial charge in [0.1, 0.15) is 5.56 Å². The molecule has 6 nitrogen and oxygen atoms in total. The molecule has 0 bridgehead atoms. The predicted molar refractivity (Wildman–Crippen MR) is 117 cm³/mol. The molecule has 9 heteroatoms. The molecule has 1 amide bonds. The molecule has 2 heterocycles. The van der Waals surface area contributed by atoms with Crippen LogP contribution in [0.25, 0.3) is 10.2 Å². The summed E-state index contributed by atoms with van der Waals surface area (Å²) in [5.41, 5.74) is 0.924. The highest BCUT2D eigenvalue weighted by Crippen LogP contribution is 2.35. The van der Waals surface area contributed by atoms with E-state index in [1.54, 1.807) is 28.4 Å². The molecule has 2 aromatic carbocycles. The zero-order chi connectivity index (χ0) is 20.5. The van der Waals surface area contributed by atoms with Crippen LogP contribution in [-0.4, -0.2) is 40.1 Å². The largest absolute Gasteiger partial charge is 0.338 e. The van der Waals surface area contributed by atoms with E-state index in [1.165, 1.54) is 17.8 Å². The topological polar surface area (TPSA) is 76.3 Å². The quantitative estimate of drug-likeness (QED) is 0.295. The average molecular weight is 448 g/mol. The molecule has 0 atom stereocenters. The number of fused-ring (bicyclic) bond motifs is 1. The first kappa shape index (κ1) is 20.1. The number of thioether (sulfide) groups is 1. The first-order valence-electron chi connectivity index (χ1n) is 9.14. The molecule has 0 saturated carbocycles. The highest BCUT2D eigenvalue weighted by atomic mass is 35.5. The highest BCUT2D eigenvalue weighted by molar-refractivity contribution is 7.98. The Morgan fingerprint density at radius 1 is 1.28 bits per heavy atom. The second-order valence-corrected chi connectivity index (χ2v) is 9.25. The first-order valence-corrected chi connectivity index (χ1v) is 11.6. The van der Waals surface area contributed by atoms with Crippen molar-refractivity contribution in [1.82, 2.24) is 9.88 Å². The van der Waals surface area contributed by atoms with Gasteiger partial charge in [-0.15, -0.1) is 23.1 Å². The maximum atomic E-state index is 13.0. The monoisotopic (exact) mass is 447 g/mol. The number of thiazole rings is 1. The number of nitro benzene ring substituents is 1. The summed E-state index contributed by atoms with van der Waals surface area (Å²) >= 11 is 9.18. The van der Waals surface area contributed by atoms with E-state index in [9.17, 15) is 14.9 Å². The number of nitrogens with zero attached hydrogens (tertiary/aromatic N) is 3. The minimum absolute atomic E-state index is 0.141. The van der Waals surface area contributed by atoms with Gasteiger partial charge in [-0.1, -0.05) is 11.6 Å². The maximum absolute atomic E-state index is 13.0. The van der Waals surface area contributed by atoms with Crippen LogP contribution in [0, 0.1) is 10.1 Å². The number of hydrogen-bond donors (Lipinski definition) is 0. The third-order valence-corrected chi connectivity index (χ3v) is 7.29. The average Bonchev–Trinajstić information content (AvgIpc) is 3.16. The zero-order valence-corrected chi connectivity index (χ0v) is 18.0. The van der Waals surface area contributed by atoms with Crippen molar-refractivity contribution < 1.29 is 9.72 Å². The van der Waals surface area contributed by atoms with Crippen LogP contribution < -0.4 is 0 Å². The van der Waals surface area contributed by atoms with Gasteiger partial charge < -0.3 is 4.90 Å². The van der Waals surface area contributed by atoms with Gasteiger partial charge in [0.2, 0.25) is 0 Å². The van der Waals surface area contributed by atoms with Gasteiger partial charge in [-0.3, -0.25) is 14.9 Å². The lowest BCUT2D eigenvalue weighted by molar-refractivity contribution is -0.385. The van der Waals surface area contributed by atoms with Gasteiger partial charge in [-0.2, -0.15) is 0 Å². The normalized spacial score (nSPS) is 15.0. The maximum Gasteiger partial charge on any atom is 0.282 e. The summed E-state index contributed by atoms with van der Waals surface area (Å²) in [6.07, 6.45) is 3.46. The van der Waals surface area contributed by atoms with Crippen molar-refractivity contribution in [2.24, 2.45) is 0 Å². The third kappa shape index (κ3) is 4.10. The van der Waals surface area contributed by atoms with E-state index in [4.69, 9.17) is 16.6 Å². The van der Waals surface area contributed by atoms with Crippen molar-refractivity contribution in [2.45, 2.75) is 23.7 Å². The van der Waals surface area contributed by atoms with Gasteiger partial charge in [0.25, 0.3) is 11.6 Å². The summed E-state index contributed by atoms with van der Waals surface area (Å²) < 4.78 is 1.10. The lowest BCUT2D eigenvalue weighted by Crippen LogP contribution is -2.38. The summed E-state index contributed by atoms with van der Waals surface area (Å²) in [5, 5.41) is 13.1. The second-order valence-electron chi connectivity index (χ2n) is 6.87. The Balaban J connectivity index is 1.50. The smallest absolute Gasteiger partial charge is 0.282 e. The number of halogens is 1. The van der Waals surface area contributed by atoms with Gasteiger partial charge in [-0.05, 0) is 49.4 Å². The highest BCUT2D eigenvalue weighted by Gasteiger charge is 2.30.